The van der Waals surface area contributed by atoms with Crippen LogP contribution in [0, 0.1) is 5.92 Å². The van der Waals surface area contributed by atoms with Crippen molar-refractivity contribution in [2.24, 2.45) is 5.92 Å². The SMILES string of the molecule is CC(C)COCCNC(=O)NC(=O)C(C)Cl. The Balaban J connectivity index is 3.48. The molecule has 0 rings (SSSR count). The number of carbonyl (C=O) groups is 2. The highest BCUT2D eigenvalue weighted by Crippen LogP contribution is 1.92. The van der Waals surface area contributed by atoms with E-state index in [9.17, 15) is 9.59 Å². The highest BCUT2D eigenvalue weighted by molar-refractivity contribution is 6.31. The number of hydrogen-bond donors (Lipinski definition) is 2. The van der Waals surface area contributed by atoms with Gasteiger partial charge in [-0.1, -0.05) is 13.8 Å². The third-order valence-corrected chi connectivity index (χ3v) is 1.78. The quantitative estimate of drug-likeness (QED) is 0.548. The van der Waals surface area contributed by atoms with Gasteiger partial charge in [-0.05, 0) is 12.8 Å². The van der Waals surface area contributed by atoms with E-state index in [1.165, 1.54) is 6.92 Å². The summed E-state index contributed by atoms with van der Waals surface area (Å²) >= 11 is 5.47. The van der Waals surface area contributed by atoms with Crippen molar-refractivity contribution in [3.05, 3.63) is 0 Å². The van der Waals surface area contributed by atoms with E-state index >= 15 is 0 Å². The summed E-state index contributed by atoms with van der Waals surface area (Å²) in [6, 6.07) is -0.550. The topological polar surface area (TPSA) is 67.4 Å². The minimum Gasteiger partial charge on any atom is -0.379 e. The summed E-state index contributed by atoms with van der Waals surface area (Å²) in [4.78, 5) is 22.1. The van der Waals surface area contributed by atoms with Crippen LogP contribution in [0.1, 0.15) is 20.8 Å². The molecule has 0 aliphatic rings. The van der Waals surface area contributed by atoms with Crippen molar-refractivity contribution in [1.29, 1.82) is 0 Å². The molecule has 1 unspecified atom stereocenters. The van der Waals surface area contributed by atoms with Crippen molar-refractivity contribution in [2.75, 3.05) is 19.8 Å². The van der Waals surface area contributed by atoms with Crippen molar-refractivity contribution >= 4 is 23.5 Å². The number of ether oxygens (including phenoxy) is 1. The molecule has 3 amide bonds. The molecule has 16 heavy (non-hydrogen) atoms. The number of rotatable bonds is 6. The third kappa shape index (κ3) is 8.49. The molecule has 0 radical (unpaired) electrons. The van der Waals surface area contributed by atoms with Crippen LogP contribution in [0.3, 0.4) is 0 Å². The van der Waals surface area contributed by atoms with Crippen LogP contribution in [0.25, 0.3) is 0 Å². The largest absolute Gasteiger partial charge is 0.379 e. The van der Waals surface area contributed by atoms with Gasteiger partial charge >= 0.3 is 6.03 Å². The molecule has 1 atom stereocenters. The fourth-order valence-electron chi connectivity index (χ4n) is 0.811. The zero-order chi connectivity index (χ0) is 12.6. The second-order valence-corrected chi connectivity index (χ2v) is 4.48. The average Bonchev–Trinajstić information content (AvgIpc) is 2.16. The summed E-state index contributed by atoms with van der Waals surface area (Å²) in [7, 11) is 0. The molecule has 0 fully saturated rings. The molecule has 2 N–H and O–H groups in total. The lowest BCUT2D eigenvalue weighted by molar-refractivity contribution is -0.119. The lowest BCUT2D eigenvalue weighted by Gasteiger charge is -2.09. The first-order chi connectivity index (χ1) is 7.43. The van der Waals surface area contributed by atoms with E-state index in [0.717, 1.165) is 0 Å². The average molecular weight is 251 g/mol. The van der Waals surface area contributed by atoms with Crippen molar-refractivity contribution in [1.82, 2.24) is 10.6 Å². The number of hydrogen-bond acceptors (Lipinski definition) is 3. The summed E-state index contributed by atoms with van der Waals surface area (Å²) in [6.07, 6.45) is 0. The molecule has 94 valence electrons. The second-order valence-electron chi connectivity index (χ2n) is 3.83. The number of urea groups is 1. The summed E-state index contributed by atoms with van der Waals surface area (Å²) in [5.74, 6) is -0.0465. The van der Waals surface area contributed by atoms with Crippen LogP contribution in [0.4, 0.5) is 4.79 Å². The van der Waals surface area contributed by atoms with E-state index in [4.69, 9.17) is 16.3 Å². The minimum atomic E-state index is -0.719. The molecule has 5 nitrogen and oxygen atoms in total. The zero-order valence-corrected chi connectivity index (χ0v) is 10.6. The van der Waals surface area contributed by atoms with Gasteiger partial charge in [0.2, 0.25) is 5.91 Å². The van der Waals surface area contributed by atoms with Crippen molar-refractivity contribution in [3.63, 3.8) is 0 Å². The van der Waals surface area contributed by atoms with Gasteiger partial charge in [0.05, 0.1) is 6.61 Å². The van der Waals surface area contributed by atoms with E-state index in [2.05, 4.69) is 10.6 Å². The Hall–Kier alpha value is -0.810. The van der Waals surface area contributed by atoms with Crippen LogP contribution in [0.5, 0.6) is 0 Å². The maximum Gasteiger partial charge on any atom is 0.321 e. The van der Waals surface area contributed by atoms with Gasteiger partial charge in [-0.2, -0.15) is 0 Å². The number of carbonyl (C=O) groups excluding carboxylic acids is 2. The normalized spacial score (nSPS) is 12.3. The Kier molecular flexibility index (Phi) is 7.93. The van der Waals surface area contributed by atoms with E-state index in [1.54, 1.807) is 0 Å². The molecule has 0 heterocycles. The summed E-state index contributed by atoms with van der Waals surface area (Å²) in [5.41, 5.74) is 0. The number of imide groups is 1. The van der Waals surface area contributed by atoms with Crippen LogP contribution in [-0.2, 0) is 9.53 Å². The predicted octanol–water partition coefficient (Wildman–Crippen LogP) is 1.11. The van der Waals surface area contributed by atoms with E-state index in [1.807, 2.05) is 13.8 Å². The van der Waals surface area contributed by atoms with Crippen molar-refractivity contribution < 1.29 is 14.3 Å². The Bertz CT molecular complexity index is 232. The van der Waals surface area contributed by atoms with Gasteiger partial charge in [0.1, 0.15) is 5.38 Å². The lowest BCUT2D eigenvalue weighted by Crippen LogP contribution is -2.43. The number of nitrogens with one attached hydrogen (secondary N) is 2. The van der Waals surface area contributed by atoms with Gasteiger partial charge in [0, 0.05) is 13.2 Å². The van der Waals surface area contributed by atoms with Crippen LogP contribution in [0.15, 0.2) is 0 Å². The molecule has 0 saturated heterocycles. The van der Waals surface area contributed by atoms with Crippen LogP contribution < -0.4 is 10.6 Å². The predicted molar refractivity (Wildman–Crippen MR) is 62.5 cm³/mol. The van der Waals surface area contributed by atoms with Gasteiger partial charge in [-0.15, -0.1) is 11.6 Å². The smallest absolute Gasteiger partial charge is 0.321 e. The fraction of sp³-hybridized carbons (Fsp3) is 0.800. The van der Waals surface area contributed by atoms with Gasteiger partial charge in [-0.3, -0.25) is 10.1 Å². The summed E-state index contributed by atoms with van der Waals surface area (Å²) < 4.78 is 5.24. The third-order valence-electron chi connectivity index (χ3n) is 1.58. The van der Waals surface area contributed by atoms with Crippen molar-refractivity contribution in [2.45, 2.75) is 26.1 Å². The van der Waals surface area contributed by atoms with Gasteiger partial charge in [0.15, 0.2) is 0 Å². The fourth-order valence-corrected chi connectivity index (χ4v) is 0.866. The highest BCUT2D eigenvalue weighted by atomic mass is 35.5. The molecule has 0 spiro atoms. The van der Waals surface area contributed by atoms with E-state index in [-0.39, 0.29) is 0 Å². The first kappa shape index (κ1) is 15.2. The monoisotopic (exact) mass is 250 g/mol. The Morgan fingerprint density at radius 3 is 2.44 bits per heavy atom. The molecule has 0 saturated carbocycles. The number of alkyl halides is 1. The molecular weight excluding hydrogens is 232 g/mol. The first-order valence-corrected chi connectivity index (χ1v) is 5.67. The molecule has 0 bridgehead atoms. The Labute approximate surface area is 101 Å². The molecule has 0 aromatic carbocycles. The summed E-state index contributed by atoms with van der Waals surface area (Å²) in [6.45, 7) is 7.02. The van der Waals surface area contributed by atoms with Crippen molar-refractivity contribution in [3.8, 4) is 0 Å². The second kappa shape index (κ2) is 8.35. The number of halogens is 1. The molecule has 0 aromatic rings. The minimum absolute atomic E-state index is 0.364. The zero-order valence-electron chi connectivity index (χ0n) is 9.88. The summed E-state index contributed by atoms with van der Waals surface area (Å²) in [5, 5.41) is 3.87. The maximum absolute atomic E-state index is 11.1. The van der Waals surface area contributed by atoms with Gasteiger partial charge < -0.3 is 10.1 Å². The lowest BCUT2D eigenvalue weighted by atomic mass is 10.2. The van der Waals surface area contributed by atoms with E-state index in [0.29, 0.717) is 25.7 Å². The van der Waals surface area contributed by atoms with Gasteiger partial charge in [0.25, 0.3) is 0 Å². The Morgan fingerprint density at radius 1 is 1.31 bits per heavy atom. The highest BCUT2D eigenvalue weighted by Gasteiger charge is 2.11. The van der Waals surface area contributed by atoms with Crippen LogP contribution in [0.2, 0.25) is 0 Å². The van der Waals surface area contributed by atoms with E-state index < -0.39 is 17.3 Å². The number of amides is 3. The molecule has 0 aliphatic carbocycles. The van der Waals surface area contributed by atoms with Crippen LogP contribution >= 0.6 is 11.6 Å². The molecular formula is C10H19ClN2O3. The van der Waals surface area contributed by atoms with Crippen LogP contribution in [-0.4, -0.2) is 37.1 Å². The maximum atomic E-state index is 11.1. The Morgan fingerprint density at radius 2 is 1.94 bits per heavy atom. The molecule has 0 aromatic heterocycles. The first-order valence-electron chi connectivity index (χ1n) is 5.24. The van der Waals surface area contributed by atoms with Gasteiger partial charge in [-0.25, -0.2) is 4.79 Å². The molecule has 0 aliphatic heterocycles. The molecule has 6 heteroatoms. The standard InChI is InChI=1S/C10H19ClN2O3/c1-7(2)6-16-5-4-12-10(15)13-9(14)8(3)11/h7-8H,4-6H2,1-3H3,(H2,12,13,14,15).